The second-order valence-corrected chi connectivity index (χ2v) is 7.47. The van der Waals surface area contributed by atoms with Crippen LogP contribution in [0.2, 0.25) is 5.02 Å². The molecule has 0 bridgehead atoms. The molecule has 0 unspecified atom stereocenters. The first kappa shape index (κ1) is 21.0. The first-order chi connectivity index (χ1) is 14.8. The third-order valence-corrected chi connectivity index (χ3v) is 5.36. The Labute approximate surface area is 180 Å². The van der Waals surface area contributed by atoms with Crippen molar-refractivity contribution in [3.05, 3.63) is 88.8 Å². The van der Waals surface area contributed by atoms with Gasteiger partial charge in [-0.25, -0.2) is 0 Å². The molecule has 2 N–H and O–H groups in total. The van der Waals surface area contributed by atoms with Gasteiger partial charge in [-0.3, -0.25) is 9.48 Å². The van der Waals surface area contributed by atoms with Crippen molar-refractivity contribution < 1.29 is 18.0 Å². The summed E-state index contributed by atoms with van der Waals surface area (Å²) in [7, 11) is 0. The number of benzene rings is 2. The number of carbonyl (C=O) groups excluding carboxylic acids is 1. The average molecular weight is 447 g/mol. The van der Waals surface area contributed by atoms with Crippen LogP contribution in [0.1, 0.15) is 22.7 Å². The van der Waals surface area contributed by atoms with Crippen molar-refractivity contribution >= 4 is 28.4 Å². The summed E-state index contributed by atoms with van der Waals surface area (Å²) in [5.41, 5.74) is 1.72. The van der Waals surface area contributed by atoms with E-state index in [1.165, 1.54) is 0 Å². The fourth-order valence-corrected chi connectivity index (χ4v) is 3.81. The van der Waals surface area contributed by atoms with E-state index in [2.05, 4.69) is 15.4 Å². The van der Waals surface area contributed by atoms with E-state index in [-0.39, 0.29) is 19.0 Å². The summed E-state index contributed by atoms with van der Waals surface area (Å²) in [5, 5.41) is 7.79. The largest absolute Gasteiger partial charge is 0.435 e. The highest BCUT2D eigenvalue weighted by Gasteiger charge is 2.33. The highest BCUT2D eigenvalue weighted by atomic mass is 35.5. The standard InChI is InChI=1S/C22H18ClF3N4O/c23-18-7-3-1-5-14(18)16(17-11-27-19-8-4-2-6-15(17)19)12-28-21(31)13-30-10-9-20(29-30)22(24,25)26/h1-11,16,27H,12-13H2,(H,28,31)/t16-/m1/s1. The van der Waals surface area contributed by atoms with E-state index < -0.39 is 17.8 Å². The maximum absolute atomic E-state index is 12.7. The summed E-state index contributed by atoms with van der Waals surface area (Å²) >= 11 is 6.43. The minimum absolute atomic E-state index is 0.220. The van der Waals surface area contributed by atoms with Crippen molar-refractivity contribution in [3.8, 4) is 0 Å². The van der Waals surface area contributed by atoms with Crippen LogP contribution in [0.15, 0.2) is 67.0 Å². The van der Waals surface area contributed by atoms with Crippen LogP contribution in [-0.2, 0) is 17.5 Å². The Kier molecular flexibility index (Phi) is 5.73. The van der Waals surface area contributed by atoms with Crippen LogP contribution in [-0.4, -0.2) is 27.2 Å². The number of hydrogen-bond acceptors (Lipinski definition) is 2. The lowest BCUT2D eigenvalue weighted by Gasteiger charge is -2.19. The van der Waals surface area contributed by atoms with Crippen LogP contribution in [0.5, 0.6) is 0 Å². The molecule has 0 aliphatic carbocycles. The molecule has 0 saturated heterocycles. The Hall–Kier alpha value is -3.26. The third-order valence-electron chi connectivity index (χ3n) is 5.02. The first-order valence-electron chi connectivity index (χ1n) is 9.50. The van der Waals surface area contributed by atoms with E-state index in [9.17, 15) is 18.0 Å². The molecule has 2 aromatic heterocycles. The van der Waals surface area contributed by atoms with E-state index in [1.807, 2.05) is 48.7 Å². The zero-order valence-corrected chi connectivity index (χ0v) is 16.9. The Balaban J connectivity index is 1.55. The number of hydrogen-bond donors (Lipinski definition) is 2. The zero-order chi connectivity index (χ0) is 22.0. The fraction of sp³-hybridized carbons (Fsp3) is 0.182. The van der Waals surface area contributed by atoms with Gasteiger partial charge in [-0.2, -0.15) is 18.3 Å². The second kappa shape index (κ2) is 8.47. The Morgan fingerprint density at radius 2 is 1.84 bits per heavy atom. The monoisotopic (exact) mass is 446 g/mol. The van der Waals surface area contributed by atoms with Crippen LogP contribution in [0, 0.1) is 0 Å². The van der Waals surface area contributed by atoms with Crippen molar-refractivity contribution in [2.24, 2.45) is 0 Å². The molecule has 5 nitrogen and oxygen atoms in total. The smallest absolute Gasteiger partial charge is 0.361 e. The average Bonchev–Trinajstić information content (AvgIpc) is 3.37. The molecule has 0 fully saturated rings. The summed E-state index contributed by atoms with van der Waals surface area (Å²) in [6, 6.07) is 16.0. The molecule has 0 saturated carbocycles. The van der Waals surface area contributed by atoms with E-state index in [4.69, 9.17) is 11.6 Å². The predicted octanol–water partition coefficient (Wildman–Crippen LogP) is 4.98. The molecule has 0 aliphatic rings. The molecular weight excluding hydrogens is 429 g/mol. The number of alkyl halides is 3. The van der Waals surface area contributed by atoms with Crippen molar-refractivity contribution in [1.29, 1.82) is 0 Å². The van der Waals surface area contributed by atoms with E-state index >= 15 is 0 Å². The van der Waals surface area contributed by atoms with Crippen molar-refractivity contribution in [1.82, 2.24) is 20.1 Å². The Morgan fingerprint density at radius 3 is 2.58 bits per heavy atom. The summed E-state index contributed by atoms with van der Waals surface area (Å²) in [6.45, 7) is -0.100. The maximum atomic E-state index is 12.7. The molecule has 9 heteroatoms. The predicted molar refractivity (Wildman–Crippen MR) is 112 cm³/mol. The number of aromatic nitrogens is 3. The SMILES string of the molecule is O=C(Cn1ccc(C(F)(F)F)n1)NC[C@H](c1ccccc1Cl)c1c[nH]c2ccccc12. The molecule has 0 spiro atoms. The molecule has 2 aromatic carbocycles. The number of fused-ring (bicyclic) bond motifs is 1. The van der Waals surface area contributed by atoms with E-state index in [1.54, 1.807) is 6.07 Å². The summed E-state index contributed by atoms with van der Waals surface area (Å²) < 4.78 is 39.1. The zero-order valence-electron chi connectivity index (χ0n) is 16.2. The van der Waals surface area contributed by atoms with Gasteiger partial charge in [-0.1, -0.05) is 48.0 Å². The van der Waals surface area contributed by atoms with Gasteiger partial charge in [0.05, 0.1) is 0 Å². The van der Waals surface area contributed by atoms with Gasteiger partial charge in [-0.15, -0.1) is 0 Å². The lowest BCUT2D eigenvalue weighted by molar-refractivity contribution is -0.141. The van der Waals surface area contributed by atoms with Crippen molar-refractivity contribution in [2.75, 3.05) is 6.54 Å². The Bertz CT molecular complexity index is 1210. The molecule has 4 aromatic rings. The van der Waals surface area contributed by atoms with Gasteiger partial charge < -0.3 is 10.3 Å². The highest BCUT2D eigenvalue weighted by Crippen LogP contribution is 2.34. The summed E-state index contributed by atoms with van der Waals surface area (Å²) in [6.07, 6.45) is -1.53. The van der Waals surface area contributed by atoms with Crippen LogP contribution in [0.3, 0.4) is 0 Å². The molecule has 0 radical (unpaired) electrons. The van der Waals surface area contributed by atoms with Crippen LogP contribution < -0.4 is 5.32 Å². The van der Waals surface area contributed by atoms with Gasteiger partial charge in [-0.05, 0) is 29.3 Å². The van der Waals surface area contributed by atoms with E-state index in [0.29, 0.717) is 5.02 Å². The number of nitrogens with one attached hydrogen (secondary N) is 2. The second-order valence-electron chi connectivity index (χ2n) is 7.06. The van der Waals surface area contributed by atoms with Gasteiger partial charge >= 0.3 is 6.18 Å². The third kappa shape index (κ3) is 4.59. The number of amides is 1. The molecular formula is C22H18ClF3N4O. The number of aromatic amines is 1. The maximum Gasteiger partial charge on any atom is 0.435 e. The summed E-state index contributed by atoms with van der Waals surface area (Å²) in [5.74, 6) is -0.703. The molecule has 0 aliphatic heterocycles. The van der Waals surface area contributed by atoms with Gasteiger partial charge in [0, 0.05) is 40.8 Å². The van der Waals surface area contributed by atoms with Gasteiger partial charge in [0.2, 0.25) is 5.91 Å². The highest BCUT2D eigenvalue weighted by molar-refractivity contribution is 6.31. The molecule has 4 rings (SSSR count). The number of halogens is 4. The Morgan fingerprint density at radius 1 is 1.10 bits per heavy atom. The van der Waals surface area contributed by atoms with Gasteiger partial charge in [0.1, 0.15) is 6.54 Å². The van der Waals surface area contributed by atoms with Crippen LogP contribution in [0.4, 0.5) is 13.2 Å². The molecule has 1 amide bonds. The molecule has 31 heavy (non-hydrogen) atoms. The molecule has 1 atom stereocenters. The topological polar surface area (TPSA) is 62.7 Å². The minimum Gasteiger partial charge on any atom is -0.361 e. The summed E-state index contributed by atoms with van der Waals surface area (Å²) in [4.78, 5) is 15.7. The number of carbonyl (C=O) groups is 1. The lowest BCUT2D eigenvalue weighted by Crippen LogP contribution is -2.32. The first-order valence-corrected chi connectivity index (χ1v) is 9.88. The van der Waals surface area contributed by atoms with Crippen LogP contribution >= 0.6 is 11.6 Å². The number of nitrogens with zero attached hydrogens (tertiary/aromatic N) is 2. The van der Waals surface area contributed by atoms with Gasteiger partial charge in [0.15, 0.2) is 5.69 Å². The molecule has 2 heterocycles. The normalized spacial score (nSPS) is 12.8. The number of para-hydroxylation sites is 1. The number of rotatable bonds is 6. The lowest BCUT2D eigenvalue weighted by atomic mass is 9.90. The van der Waals surface area contributed by atoms with Gasteiger partial charge in [0.25, 0.3) is 0 Å². The number of H-pyrrole nitrogens is 1. The van der Waals surface area contributed by atoms with Crippen LogP contribution in [0.25, 0.3) is 10.9 Å². The van der Waals surface area contributed by atoms with Crippen molar-refractivity contribution in [3.63, 3.8) is 0 Å². The quantitative estimate of drug-likeness (QED) is 0.438. The minimum atomic E-state index is -4.55. The van der Waals surface area contributed by atoms with E-state index in [0.717, 1.165) is 39.0 Å². The van der Waals surface area contributed by atoms with Crippen molar-refractivity contribution in [2.45, 2.75) is 18.6 Å². The fourth-order valence-electron chi connectivity index (χ4n) is 3.55. The molecule has 160 valence electrons.